The molecule has 0 bridgehead atoms. The predicted octanol–water partition coefficient (Wildman–Crippen LogP) is 6.44. The van der Waals surface area contributed by atoms with Crippen LogP contribution < -0.4 is 20.8 Å². The van der Waals surface area contributed by atoms with Gasteiger partial charge in [0.05, 0.1) is 15.5 Å². The molecular weight excluding hydrogens is 595 g/mol. The number of nitrogens with zero attached hydrogens (tertiary/aromatic N) is 6. The van der Waals surface area contributed by atoms with Crippen molar-refractivity contribution in [3.05, 3.63) is 58.5 Å². The second-order valence-electron chi connectivity index (χ2n) is 11.7. The molecule has 4 heterocycles. The van der Waals surface area contributed by atoms with Gasteiger partial charge in [0.1, 0.15) is 5.82 Å². The monoisotopic (exact) mass is 632 g/mol. The Kier molecular flexibility index (Phi) is 7.88. The van der Waals surface area contributed by atoms with Crippen LogP contribution in [-0.4, -0.2) is 71.4 Å². The number of nitrogens with one attached hydrogen (secondary N) is 2. The van der Waals surface area contributed by atoms with Crippen molar-refractivity contribution >= 4 is 69.0 Å². The Balaban J connectivity index is 1.24. The zero-order chi connectivity index (χ0) is 28.7. The Labute approximate surface area is 252 Å². The minimum atomic E-state index is -0.439. The molecule has 2 aliphatic rings. The smallest absolute Gasteiger partial charge is 0.229 e. The molecule has 4 aromatic rings. The molecule has 2 fully saturated rings. The summed E-state index contributed by atoms with van der Waals surface area (Å²) in [6, 6.07) is 8.70. The van der Waals surface area contributed by atoms with Crippen LogP contribution in [0.3, 0.4) is 0 Å². The topological polar surface area (TPSA) is 82.1 Å². The van der Waals surface area contributed by atoms with E-state index in [9.17, 15) is 0 Å². The largest absolute Gasteiger partial charge is 0.371 e. The number of likely N-dealkylation sites (tertiary alicyclic amines) is 1. The summed E-state index contributed by atoms with van der Waals surface area (Å²) in [5.74, 6) is 1.27. The van der Waals surface area contributed by atoms with Crippen molar-refractivity contribution in [2.75, 3.05) is 62.1 Å². The summed E-state index contributed by atoms with van der Waals surface area (Å²) >= 11 is 3.65. The van der Waals surface area contributed by atoms with Gasteiger partial charge >= 0.3 is 0 Å². The van der Waals surface area contributed by atoms with Gasteiger partial charge in [0.25, 0.3) is 0 Å². The second kappa shape index (κ2) is 11.4. The molecule has 0 amide bonds. The van der Waals surface area contributed by atoms with Gasteiger partial charge < -0.3 is 20.4 Å². The fourth-order valence-corrected chi connectivity index (χ4v) is 7.96. The highest BCUT2D eigenvalue weighted by Gasteiger charge is 2.43. The lowest BCUT2D eigenvalue weighted by Crippen LogP contribution is -2.58. The van der Waals surface area contributed by atoms with Crippen molar-refractivity contribution in [3.63, 3.8) is 0 Å². The van der Waals surface area contributed by atoms with E-state index in [0.29, 0.717) is 17.2 Å². The fourth-order valence-electron chi connectivity index (χ4n) is 6.46. The molecule has 214 valence electrons. The summed E-state index contributed by atoms with van der Waals surface area (Å²) in [4.78, 5) is 23.6. The van der Waals surface area contributed by atoms with Crippen molar-refractivity contribution in [3.8, 4) is 0 Å². The van der Waals surface area contributed by atoms with Crippen molar-refractivity contribution in [2.24, 2.45) is 5.41 Å². The maximum Gasteiger partial charge on any atom is 0.229 e. The van der Waals surface area contributed by atoms with Crippen LogP contribution in [0.5, 0.6) is 0 Å². The maximum absolute atomic E-state index is 4.88. The molecule has 2 aromatic heterocycles. The molecule has 2 aromatic carbocycles. The van der Waals surface area contributed by atoms with Crippen molar-refractivity contribution in [1.29, 1.82) is 0 Å². The van der Waals surface area contributed by atoms with Crippen molar-refractivity contribution in [2.45, 2.75) is 33.1 Å². The molecule has 0 atom stereocenters. The Hall–Kier alpha value is -2.87. The Bertz CT molecular complexity index is 1580. The quantitative estimate of drug-likeness (QED) is 0.225. The third-order valence-electron chi connectivity index (χ3n) is 8.48. The van der Waals surface area contributed by atoms with Gasteiger partial charge in [-0.25, -0.2) is 4.98 Å². The van der Waals surface area contributed by atoms with E-state index in [0.717, 1.165) is 46.4 Å². The lowest BCUT2D eigenvalue weighted by atomic mass is 9.72. The molecule has 2 saturated heterocycles. The van der Waals surface area contributed by atoms with E-state index < -0.39 is 7.92 Å². The standard InChI is InChI=1S/C31H38BrN8P/c1-6-21-16-26(40-13-9-31(10-14-40)18-39(3)19-31)20(2)15-25(21)37-30-35-17-22(32)29(38-30)36-24-8-7-23-27(28(24)41(4)5)34-12-11-33-23/h7-8,11-12,15-17H,6,9-10,13-14,18-19H2,1-5H3,(H2,35,36,37,38). The molecule has 6 rings (SSSR count). The SMILES string of the molecule is CCc1cc(N2CCC3(CC2)CN(C)C3)c(C)cc1Nc1ncc(Br)c(Nc2ccc3nccnc3c2P(C)C)n1. The van der Waals surface area contributed by atoms with E-state index in [-0.39, 0.29) is 0 Å². The predicted molar refractivity (Wildman–Crippen MR) is 176 cm³/mol. The van der Waals surface area contributed by atoms with Gasteiger partial charge in [0.15, 0.2) is 0 Å². The minimum Gasteiger partial charge on any atom is -0.371 e. The number of fused-ring (bicyclic) bond motifs is 1. The van der Waals surface area contributed by atoms with E-state index in [4.69, 9.17) is 4.98 Å². The molecule has 2 N–H and O–H groups in total. The number of anilines is 5. The molecule has 0 radical (unpaired) electrons. The maximum atomic E-state index is 4.88. The first kappa shape index (κ1) is 28.3. The summed E-state index contributed by atoms with van der Waals surface area (Å²) in [5, 5.41) is 8.26. The Morgan fingerprint density at radius 3 is 2.46 bits per heavy atom. The number of piperidine rings is 1. The lowest BCUT2D eigenvalue weighted by Gasteiger charge is -2.53. The summed E-state index contributed by atoms with van der Waals surface area (Å²) < 4.78 is 0.799. The average molecular weight is 634 g/mol. The summed E-state index contributed by atoms with van der Waals surface area (Å²) in [6.07, 6.45) is 8.78. The zero-order valence-electron chi connectivity index (χ0n) is 24.5. The summed E-state index contributed by atoms with van der Waals surface area (Å²) in [7, 11) is 1.79. The zero-order valence-corrected chi connectivity index (χ0v) is 27.0. The van der Waals surface area contributed by atoms with Gasteiger partial charge in [-0.3, -0.25) is 9.97 Å². The number of aryl methyl sites for hydroxylation is 2. The molecule has 8 nitrogen and oxygen atoms in total. The van der Waals surface area contributed by atoms with Crippen LogP contribution in [0, 0.1) is 12.3 Å². The summed E-state index contributed by atoms with van der Waals surface area (Å²) in [6.45, 7) is 13.7. The van der Waals surface area contributed by atoms with Gasteiger partial charge in [-0.2, -0.15) is 4.98 Å². The lowest BCUT2D eigenvalue weighted by molar-refractivity contribution is 0.00130. The first-order valence-electron chi connectivity index (χ1n) is 14.3. The van der Waals surface area contributed by atoms with Crippen LogP contribution in [-0.2, 0) is 6.42 Å². The highest BCUT2D eigenvalue weighted by atomic mass is 79.9. The van der Waals surface area contributed by atoms with Crippen LogP contribution >= 0.6 is 23.9 Å². The third kappa shape index (κ3) is 5.64. The first-order chi connectivity index (χ1) is 19.7. The number of hydrogen-bond donors (Lipinski definition) is 2. The van der Waals surface area contributed by atoms with Gasteiger partial charge in [-0.15, -0.1) is 0 Å². The minimum absolute atomic E-state index is 0.439. The number of halogens is 1. The number of benzene rings is 2. The molecule has 0 saturated carbocycles. The van der Waals surface area contributed by atoms with Crippen LogP contribution in [0.1, 0.15) is 30.9 Å². The van der Waals surface area contributed by atoms with E-state index in [1.807, 2.05) is 6.07 Å². The van der Waals surface area contributed by atoms with Crippen molar-refractivity contribution in [1.82, 2.24) is 24.8 Å². The van der Waals surface area contributed by atoms with E-state index in [1.165, 1.54) is 48.0 Å². The van der Waals surface area contributed by atoms with Crippen LogP contribution in [0.25, 0.3) is 11.0 Å². The second-order valence-corrected chi connectivity index (χ2v) is 14.8. The molecule has 1 spiro atoms. The number of aromatic nitrogens is 4. The third-order valence-corrected chi connectivity index (χ3v) is 10.4. The number of hydrogen-bond acceptors (Lipinski definition) is 8. The number of rotatable bonds is 7. The van der Waals surface area contributed by atoms with E-state index in [2.05, 4.69) is 104 Å². The van der Waals surface area contributed by atoms with Gasteiger partial charge in [0, 0.05) is 67.1 Å². The fraction of sp³-hybridized carbons (Fsp3) is 0.419. The van der Waals surface area contributed by atoms with E-state index >= 15 is 0 Å². The highest BCUT2D eigenvalue weighted by Crippen LogP contribution is 2.42. The highest BCUT2D eigenvalue weighted by molar-refractivity contribution is 9.10. The molecular formula is C31H38BrN8P. The molecule has 0 aliphatic carbocycles. The van der Waals surface area contributed by atoms with Crippen LogP contribution in [0.15, 0.2) is 47.3 Å². The van der Waals surface area contributed by atoms with Crippen LogP contribution in [0.4, 0.5) is 28.8 Å². The van der Waals surface area contributed by atoms with E-state index in [1.54, 1.807) is 18.6 Å². The summed E-state index contributed by atoms with van der Waals surface area (Å²) in [5.41, 5.74) is 8.35. The molecule has 10 heteroatoms. The normalized spacial score (nSPS) is 16.8. The van der Waals surface area contributed by atoms with Gasteiger partial charge in [-0.1, -0.05) is 14.8 Å². The van der Waals surface area contributed by atoms with Gasteiger partial charge in [-0.05, 0) is 103 Å². The van der Waals surface area contributed by atoms with Gasteiger partial charge in [0.2, 0.25) is 5.95 Å². The van der Waals surface area contributed by atoms with Crippen LogP contribution in [0.2, 0.25) is 0 Å². The average Bonchev–Trinajstić information content (AvgIpc) is 2.94. The Morgan fingerprint density at radius 1 is 1.00 bits per heavy atom. The molecule has 41 heavy (non-hydrogen) atoms. The Morgan fingerprint density at radius 2 is 1.76 bits per heavy atom. The molecule has 0 unspecified atom stereocenters. The first-order valence-corrected chi connectivity index (χ1v) is 17.3. The molecule has 2 aliphatic heterocycles. The van der Waals surface area contributed by atoms with Crippen molar-refractivity contribution < 1.29 is 0 Å².